The van der Waals surface area contributed by atoms with Crippen molar-refractivity contribution in [3.63, 3.8) is 0 Å². The van der Waals surface area contributed by atoms with Gasteiger partial charge in [0.2, 0.25) is 0 Å². The Morgan fingerprint density at radius 2 is 2.00 bits per heavy atom. The van der Waals surface area contributed by atoms with Gasteiger partial charge in [-0.25, -0.2) is 9.59 Å². The van der Waals surface area contributed by atoms with Crippen LogP contribution in [0.3, 0.4) is 0 Å². The number of rotatable bonds is 7. The minimum Gasteiger partial charge on any atom is -0.481 e. The first-order chi connectivity index (χ1) is 8.43. The van der Waals surface area contributed by atoms with Gasteiger partial charge in [-0.15, -0.1) is 0 Å². The van der Waals surface area contributed by atoms with Crippen LogP contribution in [0, 0.1) is 5.92 Å². The first kappa shape index (κ1) is 14.3. The molecule has 1 saturated carbocycles. The summed E-state index contributed by atoms with van der Waals surface area (Å²) < 4.78 is 0. The smallest absolute Gasteiger partial charge is 0.326 e. The van der Waals surface area contributed by atoms with Crippen molar-refractivity contribution in [3.05, 3.63) is 0 Å². The van der Waals surface area contributed by atoms with E-state index in [-0.39, 0.29) is 6.04 Å². The highest BCUT2D eigenvalue weighted by Crippen LogP contribution is 2.34. The third-order valence-corrected chi connectivity index (χ3v) is 2.88. The molecule has 0 bridgehead atoms. The molecular weight excluding hydrogens is 240 g/mol. The summed E-state index contributed by atoms with van der Waals surface area (Å²) in [4.78, 5) is 32.6. The van der Waals surface area contributed by atoms with Gasteiger partial charge in [0.15, 0.2) is 0 Å². The predicted octanol–water partition coefficient (Wildman–Crippen LogP) is 0.402. The maximum absolute atomic E-state index is 11.5. The molecule has 0 heterocycles. The van der Waals surface area contributed by atoms with Crippen molar-refractivity contribution in [2.75, 3.05) is 0 Å². The standard InChI is InChI=1S/C11H18N2O5/c1-2-3-6-4-7(6)12-11(18)13-8(10(16)17)5-9(14)15/h6-8H,2-5H2,1H3,(H,14,15)(H,16,17)(H2,12,13,18)/t6?,7?,8-/m1/s1. The zero-order chi connectivity index (χ0) is 13.7. The number of nitrogens with one attached hydrogen (secondary N) is 2. The molecule has 0 aromatic carbocycles. The second-order valence-electron chi connectivity index (χ2n) is 4.50. The summed E-state index contributed by atoms with van der Waals surface area (Å²) >= 11 is 0. The quantitative estimate of drug-likeness (QED) is 0.527. The molecular formula is C11H18N2O5. The Morgan fingerprint density at radius 3 is 2.50 bits per heavy atom. The number of urea groups is 1. The third kappa shape index (κ3) is 4.60. The number of carboxylic acids is 2. The maximum atomic E-state index is 11.5. The van der Waals surface area contributed by atoms with E-state index in [1.807, 2.05) is 0 Å². The van der Waals surface area contributed by atoms with Gasteiger partial charge in [-0.05, 0) is 18.8 Å². The lowest BCUT2D eigenvalue weighted by Gasteiger charge is -2.13. The SMILES string of the molecule is CCCC1CC1NC(=O)N[C@H](CC(=O)O)C(=O)O. The van der Waals surface area contributed by atoms with E-state index >= 15 is 0 Å². The van der Waals surface area contributed by atoms with Crippen LogP contribution in [0.2, 0.25) is 0 Å². The van der Waals surface area contributed by atoms with Crippen LogP contribution in [-0.4, -0.2) is 40.3 Å². The molecule has 0 saturated heterocycles. The fraction of sp³-hybridized carbons (Fsp3) is 0.727. The number of hydrogen-bond acceptors (Lipinski definition) is 3. The van der Waals surface area contributed by atoms with Crippen molar-refractivity contribution < 1.29 is 24.6 Å². The topological polar surface area (TPSA) is 116 Å². The van der Waals surface area contributed by atoms with Crippen LogP contribution in [0.4, 0.5) is 4.79 Å². The van der Waals surface area contributed by atoms with Gasteiger partial charge >= 0.3 is 18.0 Å². The molecule has 0 aromatic heterocycles. The molecule has 102 valence electrons. The van der Waals surface area contributed by atoms with Gasteiger partial charge < -0.3 is 20.8 Å². The summed E-state index contributed by atoms with van der Waals surface area (Å²) in [6, 6.07) is -1.93. The summed E-state index contributed by atoms with van der Waals surface area (Å²) in [6.45, 7) is 2.06. The average molecular weight is 258 g/mol. The average Bonchev–Trinajstić information content (AvgIpc) is 2.95. The van der Waals surface area contributed by atoms with Crippen LogP contribution < -0.4 is 10.6 Å². The highest BCUT2D eigenvalue weighted by atomic mass is 16.4. The van der Waals surface area contributed by atoms with E-state index in [9.17, 15) is 14.4 Å². The Labute approximate surface area is 105 Å². The molecule has 1 rings (SSSR count). The molecule has 0 aliphatic heterocycles. The summed E-state index contributed by atoms with van der Waals surface area (Å²) in [5.41, 5.74) is 0. The van der Waals surface area contributed by atoms with Crippen molar-refractivity contribution in [2.45, 2.75) is 44.7 Å². The van der Waals surface area contributed by atoms with E-state index in [2.05, 4.69) is 17.6 Å². The Hall–Kier alpha value is -1.79. The maximum Gasteiger partial charge on any atom is 0.326 e. The number of carbonyl (C=O) groups is 3. The van der Waals surface area contributed by atoms with Crippen LogP contribution in [0.15, 0.2) is 0 Å². The number of carbonyl (C=O) groups excluding carboxylic acids is 1. The first-order valence-electron chi connectivity index (χ1n) is 5.95. The molecule has 2 unspecified atom stereocenters. The minimum absolute atomic E-state index is 0.0872. The summed E-state index contributed by atoms with van der Waals surface area (Å²) in [5.74, 6) is -2.16. The van der Waals surface area contributed by atoms with Crippen LogP contribution in [0.25, 0.3) is 0 Å². The Balaban J connectivity index is 2.33. The van der Waals surface area contributed by atoms with Gasteiger partial charge in [-0.1, -0.05) is 13.3 Å². The van der Waals surface area contributed by atoms with Gasteiger partial charge in [0.1, 0.15) is 6.04 Å². The molecule has 1 aliphatic carbocycles. The predicted molar refractivity (Wildman–Crippen MR) is 62.1 cm³/mol. The normalized spacial score (nSPS) is 22.9. The van der Waals surface area contributed by atoms with Gasteiger partial charge in [0.25, 0.3) is 0 Å². The Morgan fingerprint density at radius 1 is 1.33 bits per heavy atom. The third-order valence-electron chi connectivity index (χ3n) is 2.88. The van der Waals surface area contributed by atoms with E-state index in [4.69, 9.17) is 10.2 Å². The van der Waals surface area contributed by atoms with Crippen LogP contribution in [0.1, 0.15) is 32.6 Å². The van der Waals surface area contributed by atoms with Crippen molar-refractivity contribution in [2.24, 2.45) is 5.92 Å². The summed E-state index contributed by atoms with van der Waals surface area (Å²) in [7, 11) is 0. The second kappa shape index (κ2) is 6.23. The Bertz CT molecular complexity index is 344. The number of amides is 2. The lowest BCUT2D eigenvalue weighted by Crippen LogP contribution is -2.47. The van der Waals surface area contributed by atoms with E-state index in [0.717, 1.165) is 19.3 Å². The molecule has 2 amide bonds. The van der Waals surface area contributed by atoms with Gasteiger partial charge in [0.05, 0.1) is 6.42 Å². The van der Waals surface area contributed by atoms with Crippen molar-refractivity contribution in [1.82, 2.24) is 10.6 Å². The largest absolute Gasteiger partial charge is 0.481 e. The summed E-state index contributed by atoms with van der Waals surface area (Å²) in [5, 5.41) is 22.1. The van der Waals surface area contributed by atoms with Gasteiger partial charge in [0, 0.05) is 6.04 Å². The zero-order valence-corrected chi connectivity index (χ0v) is 10.2. The first-order valence-corrected chi connectivity index (χ1v) is 5.95. The van der Waals surface area contributed by atoms with Crippen molar-refractivity contribution >= 4 is 18.0 Å². The number of carboxylic acid groups (broad SMARTS) is 2. The molecule has 0 spiro atoms. The Kier molecular flexibility index (Phi) is 4.94. The molecule has 0 radical (unpaired) electrons. The number of hydrogen-bond donors (Lipinski definition) is 4. The molecule has 4 N–H and O–H groups in total. The molecule has 0 aromatic rings. The van der Waals surface area contributed by atoms with E-state index in [1.165, 1.54) is 0 Å². The monoisotopic (exact) mass is 258 g/mol. The fourth-order valence-electron chi connectivity index (χ4n) is 1.86. The van der Waals surface area contributed by atoms with Crippen LogP contribution in [-0.2, 0) is 9.59 Å². The number of aliphatic carboxylic acids is 2. The minimum atomic E-state index is -1.40. The lowest BCUT2D eigenvalue weighted by atomic mass is 10.2. The molecule has 3 atom stereocenters. The molecule has 18 heavy (non-hydrogen) atoms. The van der Waals surface area contributed by atoms with Crippen LogP contribution in [0.5, 0.6) is 0 Å². The zero-order valence-electron chi connectivity index (χ0n) is 10.2. The molecule has 7 nitrogen and oxygen atoms in total. The molecule has 1 fully saturated rings. The van der Waals surface area contributed by atoms with Crippen molar-refractivity contribution in [1.29, 1.82) is 0 Å². The van der Waals surface area contributed by atoms with E-state index in [1.54, 1.807) is 0 Å². The van der Waals surface area contributed by atoms with Gasteiger partial charge in [-0.3, -0.25) is 4.79 Å². The van der Waals surface area contributed by atoms with Crippen molar-refractivity contribution in [3.8, 4) is 0 Å². The highest BCUT2D eigenvalue weighted by molar-refractivity contribution is 5.86. The van der Waals surface area contributed by atoms with E-state index in [0.29, 0.717) is 5.92 Å². The summed E-state index contributed by atoms with van der Waals surface area (Å²) in [6.07, 6.45) is 2.34. The molecule has 1 aliphatic rings. The lowest BCUT2D eigenvalue weighted by molar-refractivity contribution is -0.145. The van der Waals surface area contributed by atoms with Crippen LogP contribution >= 0.6 is 0 Å². The highest BCUT2D eigenvalue weighted by Gasteiger charge is 2.37. The fourth-order valence-corrected chi connectivity index (χ4v) is 1.86. The molecule has 7 heteroatoms. The van der Waals surface area contributed by atoms with E-state index < -0.39 is 30.4 Å². The van der Waals surface area contributed by atoms with Gasteiger partial charge in [-0.2, -0.15) is 0 Å². The second-order valence-corrected chi connectivity index (χ2v) is 4.50.